The molecule has 0 amide bonds. The summed E-state index contributed by atoms with van der Waals surface area (Å²) in [4.78, 5) is 8.69. The lowest BCUT2D eigenvalue weighted by atomic mass is 9.88. The Balaban J connectivity index is 1.88. The van der Waals surface area contributed by atoms with Crippen molar-refractivity contribution in [3.8, 4) is 11.6 Å². The van der Waals surface area contributed by atoms with Crippen molar-refractivity contribution >= 4 is 0 Å². The first-order valence-corrected chi connectivity index (χ1v) is 7.06. The van der Waals surface area contributed by atoms with Crippen molar-refractivity contribution < 1.29 is 9.47 Å². The van der Waals surface area contributed by atoms with E-state index in [1.54, 1.807) is 19.5 Å². The lowest BCUT2D eigenvalue weighted by Crippen LogP contribution is -2.34. The van der Waals surface area contributed by atoms with Gasteiger partial charge in [-0.05, 0) is 25.1 Å². The Hall–Kier alpha value is -2.14. The number of methoxy groups -OCH3 is 1. The maximum absolute atomic E-state index is 5.88. The minimum atomic E-state index is 0.0435. The van der Waals surface area contributed by atoms with E-state index in [0.717, 1.165) is 17.9 Å². The zero-order chi connectivity index (χ0) is 14.7. The van der Waals surface area contributed by atoms with E-state index in [9.17, 15) is 0 Å². The molecular weight excluding hydrogens is 266 g/mol. The Morgan fingerprint density at radius 2 is 2.10 bits per heavy atom. The van der Waals surface area contributed by atoms with Gasteiger partial charge in [0.1, 0.15) is 11.4 Å². The van der Waals surface area contributed by atoms with Gasteiger partial charge in [-0.15, -0.1) is 0 Å². The number of hydrogen-bond acceptors (Lipinski definition) is 5. The first-order valence-electron chi connectivity index (χ1n) is 7.06. The van der Waals surface area contributed by atoms with Crippen molar-refractivity contribution in [2.45, 2.75) is 12.5 Å². The van der Waals surface area contributed by atoms with E-state index in [0.29, 0.717) is 12.5 Å². The average Bonchev–Trinajstić information content (AvgIpc) is 2.56. The van der Waals surface area contributed by atoms with Gasteiger partial charge >= 0.3 is 0 Å². The Bertz CT molecular complexity index is 618. The van der Waals surface area contributed by atoms with Gasteiger partial charge in [0.2, 0.25) is 5.88 Å². The molecule has 2 unspecified atom stereocenters. The number of rotatable bonds is 4. The van der Waals surface area contributed by atoms with Crippen LogP contribution >= 0.6 is 0 Å². The van der Waals surface area contributed by atoms with Crippen molar-refractivity contribution in [3.05, 3.63) is 47.9 Å². The molecule has 1 N–H and O–H groups in total. The van der Waals surface area contributed by atoms with Crippen molar-refractivity contribution in [3.63, 3.8) is 0 Å². The summed E-state index contributed by atoms with van der Waals surface area (Å²) in [7, 11) is 3.55. The van der Waals surface area contributed by atoms with Crippen LogP contribution in [0.2, 0.25) is 0 Å². The molecule has 3 rings (SSSR count). The predicted octanol–water partition coefficient (Wildman–Crippen LogP) is 2.00. The predicted molar refractivity (Wildman–Crippen MR) is 79.5 cm³/mol. The molecule has 1 aliphatic rings. The van der Waals surface area contributed by atoms with Crippen LogP contribution in [0.5, 0.6) is 11.6 Å². The molecule has 1 aromatic carbocycles. The van der Waals surface area contributed by atoms with E-state index >= 15 is 0 Å². The number of para-hydroxylation sites is 1. The van der Waals surface area contributed by atoms with E-state index in [1.807, 2.05) is 25.2 Å². The molecule has 5 heteroatoms. The molecule has 21 heavy (non-hydrogen) atoms. The number of hydrogen-bond donors (Lipinski definition) is 1. The lowest BCUT2D eigenvalue weighted by Gasteiger charge is -2.31. The molecule has 110 valence electrons. The molecule has 0 fully saturated rings. The summed E-state index contributed by atoms with van der Waals surface area (Å²) in [6, 6.07) is 8.22. The Kier molecular flexibility index (Phi) is 4.01. The summed E-state index contributed by atoms with van der Waals surface area (Å²) < 4.78 is 11.2. The van der Waals surface area contributed by atoms with Gasteiger partial charge in [0.05, 0.1) is 19.8 Å². The molecule has 0 spiro atoms. The van der Waals surface area contributed by atoms with Gasteiger partial charge in [0.15, 0.2) is 0 Å². The third kappa shape index (κ3) is 2.69. The monoisotopic (exact) mass is 285 g/mol. The topological polar surface area (TPSA) is 56.3 Å². The first-order chi connectivity index (χ1) is 10.3. The average molecular weight is 285 g/mol. The Morgan fingerprint density at radius 1 is 1.29 bits per heavy atom. The van der Waals surface area contributed by atoms with Crippen LogP contribution < -0.4 is 14.8 Å². The highest BCUT2D eigenvalue weighted by molar-refractivity contribution is 5.36. The van der Waals surface area contributed by atoms with Crippen molar-refractivity contribution in [2.24, 2.45) is 5.92 Å². The molecule has 0 bridgehead atoms. The fourth-order valence-corrected chi connectivity index (χ4v) is 2.87. The van der Waals surface area contributed by atoms with Crippen molar-refractivity contribution in [1.29, 1.82) is 0 Å². The summed E-state index contributed by atoms with van der Waals surface area (Å²) in [5.41, 5.74) is 2.06. The van der Waals surface area contributed by atoms with Crippen LogP contribution in [0.4, 0.5) is 0 Å². The van der Waals surface area contributed by atoms with Gasteiger partial charge in [-0.1, -0.05) is 18.2 Å². The standard InChI is InChI=1S/C16H19N3O2/c1-17-14(15-16(20-2)19-8-7-18-15)12-9-11-5-3-4-6-13(11)21-10-12/h3-8,12,14,17H,9-10H2,1-2H3. The third-order valence-electron chi connectivity index (χ3n) is 3.87. The van der Waals surface area contributed by atoms with Crippen LogP contribution in [0, 0.1) is 5.92 Å². The zero-order valence-electron chi connectivity index (χ0n) is 12.2. The summed E-state index contributed by atoms with van der Waals surface area (Å²) in [5.74, 6) is 1.83. The van der Waals surface area contributed by atoms with Gasteiger partial charge in [0, 0.05) is 18.3 Å². The van der Waals surface area contributed by atoms with Crippen molar-refractivity contribution in [2.75, 3.05) is 20.8 Å². The summed E-state index contributed by atoms with van der Waals surface area (Å²) >= 11 is 0. The molecule has 0 saturated heterocycles. The van der Waals surface area contributed by atoms with Gasteiger partial charge in [-0.3, -0.25) is 4.98 Å². The molecule has 2 heterocycles. The second-order valence-electron chi connectivity index (χ2n) is 5.10. The molecule has 2 atom stereocenters. The maximum atomic E-state index is 5.88. The molecule has 1 aromatic heterocycles. The van der Waals surface area contributed by atoms with Gasteiger partial charge in [-0.25, -0.2) is 4.98 Å². The normalized spacial score (nSPS) is 18.5. The van der Waals surface area contributed by atoms with E-state index in [1.165, 1.54) is 5.56 Å². The fourth-order valence-electron chi connectivity index (χ4n) is 2.87. The van der Waals surface area contributed by atoms with Crippen molar-refractivity contribution in [1.82, 2.24) is 15.3 Å². The number of ether oxygens (including phenoxy) is 2. The first kappa shape index (κ1) is 13.8. The van der Waals surface area contributed by atoms with Gasteiger partial charge in [-0.2, -0.15) is 0 Å². The number of benzene rings is 1. The third-order valence-corrected chi connectivity index (χ3v) is 3.87. The Labute approximate surface area is 124 Å². The lowest BCUT2D eigenvalue weighted by molar-refractivity contribution is 0.184. The van der Waals surface area contributed by atoms with Crippen LogP contribution in [-0.2, 0) is 6.42 Å². The maximum Gasteiger partial charge on any atom is 0.237 e. The molecular formula is C16H19N3O2. The zero-order valence-corrected chi connectivity index (χ0v) is 12.2. The van der Waals surface area contributed by atoms with Crippen LogP contribution in [0.1, 0.15) is 17.3 Å². The largest absolute Gasteiger partial charge is 0.493 e. The summed E-state index contributed by atoms with van der Waals surface area (Å²) in [6.07, 6.45) is 4.28. The fraction of sp³-hybridized carbons (Fsp3) is 0.375. The highest BCUT2D eigenvalue weighted by Gasteiger charge is 2.30. The molecule has 0 saturated carbocycles. The van der Waals surface area contributed by atoms with E-state index in [4.69, 9.17) is 9.47 Å². The van der Waals surface area contributed by atoms with Crippen LogP contribution in [-0.4, -0.2) is 30.7 Å². The van der Waals surface area contributed by atoms with Gasteiger partial charge < -0.3 is 14.8 Å². The SMILES string of the molecule is CNC(c1nccnc1OC)C1COc2ccccc2C1. The second-order valence-corrected chi connectivity index (χ2v) is 5.10. The minimum Gasteiger partial charge on any atom is -0.493 e. The van der Waals surface area contributed by atoms with Crippen LogP contribution in [0.25, 0.3) is 0 Å². The molecule has 0 radical (unpaired) electrons. The second kappa shape index (κ2) is 6.10. The highest BCUT2D eigenvalue weighted by atomic mass is 16.5. The number of nitrogens with zero attached hydrogens (tertiary/aromatic N) is 2. The molecule has 1 aliphatic heterocycles. The van der Waals surface area contributed by atoms with E-state index < -0.39 is 0 Å². The summed E-state index contributed by atoms with van der Waals surface area (Å²) in [6.45, 7) is 0.655. The number of aromatic nitrogens is 2. The minimum absolute atomic E-state index is 0.0435. The number of nitrogens with one attached hydrogen (secondary N) is 1. The highest BCUT2D eigenvalue weighted by Crippen LogP contribution is 2.34. The molecule has 0 aliphatic carbocycles. The quantitative estimate of drug-likeness (QED) is 0.931. The van der Waals surface area contributed by atoms with E-state index in [2.05, 4.69) is 21.4 Å². The van der Waals surface area contributed by atoms with E-state index in [-0.39, 0.29) is 12.0 Å². The van der Waals surface area contributed by atoms with Crippen LogP contribution in [0.15, 0.2) is 36.7 Å². The van der Waals surface area contributed by atoms with Crippen LogP contribution in [0.3, 0.4) is 0 Å². The summed E-state index contributed by atoms with van der Waals surface area (Å²) in [5, 5.41) is 3.33. The molecule has 5 nitrogen and oxygen atoms in total. The number of fused-ring (bicyclic) bond motifs is 1. The Morgan fingerprint density at radius 3 is 2.90 bits per heavy atom. The van der Waals surface area contributed by atoms with Gasteiger partial charge in [0.25, 0.3) is 0 Å². The smallest absolute Gasteiger partial charge is 0.237 e. The molecule has 2 aromatic rings.